The van der Waals surface area contributed by atoms with E-state index in [-0.39, 0.29) is 0 Å². The van der Waals surface area contributed by atoms with Gasteiger partial charge in [0.15, 0.2) is 0 Å². The third kappa shape index (κ3) is 3.09. The molecule has 0 saturated carbocycles. The smallest absolute Gasteiger partial charge is 0.246 e. The summed E-state index contributed by atoms with van der Waals surface area (Å²) >= 11 is 0. The van der Waals surface area contributed by atoms with Crippen LogP contribution in [0.4, 0.5) is 0 Å². The SMILES string of the molecule is COc1ccc(-c2nnc(Oc3ccc(C)cc3)c3ccccc23)cc1. The summed E-state index contributed by atoms with van der Waals surface area (Å²) in [6.45, 7) is 2.04. The van der Waals surface area contributed by atoms with E-state index in [4.69, 9.17) is 9.47 Å². The first-order chi connectivity index (χ1) is 12.7. The number of nitrogens with zero attached hydrogens (tertiary/aromatic N) is 2. The van der Waals surface area contributed by atoms with E-state index < -0.39 is 0 Å². The van der Waals surface area contributed by atoms with Crippen molar-refractivity contribution >= 4 is 10.8 Å². The predicted molar refractivity (Wildman–Crippen MR) is 103 cm³/mol. The number of fused-ring (bicyclic) bond motifs is 1. The molecular formula is C22H18N2O2. The van der Waals surface area contributed by atoms with Crippen molar-refractivity contribution in [1.29, 1.82) is 0 Å². The van der Waals surface area contributed by atoms with Crippen LogP contribution in [-0.4, -0.2) is 17.3 Å². The van der Waals surface area contributed by atoms with Gasteiger partial charge in [0.1, 0.15) is 17.2 Å². The van der Waals surface area contributed by atoms with E-state index in [2.05, 4.69) is 10.2 Å². The van der Waals surface area contributed by atoms with Crippen molar-refractivity contribution < 1.29 is 9.47 Å². The molecule has 4 nitrogen and oxygen atoms in total. The Bertz CT molecular complexity index is 1040. The van der Waals surface area contributed by atoms with Crippen LogP contribution in [0.2, 0.25) is 0 Å². The summed E-state index contributed by atoms with van der Waals surface area (Å²) in [6, 6.07) is 23.7. The van der Waals surface area contributed by atoms with Gasteiger partial charge >= 0.3 is 0 Å². The highest BCUT2D eigenvalue weighted by molar-refractivity contribution is 5.97. The average molecular weight is 342 g/mol. The lowest BCUT2D eigenvalue weighted by molar-refractivity contribution is 0.415. The van der Waals surface area contributed by atoms with Crippen LogP contribution in [0.5, 0.6) is 17.4 Å². The number of rotatable bonds is 4. The monoisotopic (exact) mass is 342 g/mol. The fourth-order valence-corrected chi connectivity index (χ4v) is 2.83. The normalized spacial score (nSPS) is 10.7. The summed E-state index contributed by atoms with van der Waals surface area (Å²) in [5, 5.41) is 10.7. The minimum absolute atomic E-state index is 0.502. The Morgan fingerprint density at radius 3 is 2.04 bits per heavy atom. The molecule has 128 valence electrons. The largest absolute Gasteiger partial charge is 0.497 e. The molecule has 0 aliphatic heterocycles. The van der Waals surface area contributed by atoms with Crippen LogP contribution < -0.4 is 9.47 Å². The zero-order valence-electron chi connectivity index (χ0n) is 14.6. The average Bonchev–Trinajstić information content (AvgIpc) is 2.70. The van der Waals surface area contributed by atoms with Crippen LogP contribution >= 0.6 is 0 Å². The highest BCUT2D eigenvalue weighted by atomic mass is 16.5. The zero-order chi connectivity index (χ0) is 17.9. The van der Waals surface area contributed by atoms with Gasteiger partial charge in [0.05, 0.1) is 7.11 Å². The van der Waals surface area contributed by atoms with Crippen molar-refractivity contribution in [2.45, 2.75) is 6.92 Å². The zero-order valence-corrected chi connectivity index (χ0v) is 14.6. The predicted octanol–water partition coefficient (Wildman–Crippen LogP) is 5.41. The minimum Gasteiger partial charge on any atom is -0.497 e. The Labute approximate surface area is 152 Å². The van der Waals surface area contributed by atoms with Gasteiger partial charge in [-0.25, -0.2) is 0 Å². The summed E-state index contributed by atoms with van der Waals surface area (Å²) < 4.78 is 11.2. The summed E-state index contributed by atoms with van der Waals surface area (Å²) in [7, 11) is 1.65. The van der Waals surface area contributed by atoms with Crippen molar-refractivity contribution in [1.82, 2.24) is 10.2 Å². The molecule has 1 aromatic heterocycles. The van der Waals surface area contributed by atoms with Gasteiger partial charge in [0, 0.05) is 16.3 Å². The van der Waals surface area contributed by atoms with E-state index >= 15 is 0 Å². The van der Waals surface area contributed by atoms with Crippen LogP contribution in [0.25, 0.3) is 22.0 Å². The Morgan fingerprint density at radius 2 is 1.35 bits per heavy atom. The molecule has 3 aromatic carbocycles. The molecule has 4 rings (SSSR count). The summed E-state index contributed by atoms with van der Waals surface area (Å²) in [4.78, 5) is 0. The molecule has 0 bridgehead atoms. The van der Waals surface area contributed by atoms with Gasteiger partial charge in [-0.15, -0.1) is 10.2 Å². The fourth-order valence-electron chi connectivity index (χ4n) is 2.83. The Hall–Kier alpha value is -3.40. The van der Waals surface area contributed by atoms with E-state index in [1.54, 1.807) is 7.11 Å². The van der Waals surface area contributed by atoms with E-state index in [9.17, 15) is 0 Å². The number of methoxy groups -OCH3 is 1. The molecule has 26 heavy (non-hydrogen) atoms. The van der Waals surface area contributed by atoms with E-state index in [0.717, 1.165) is 33.5 Å². The second kappa shape index (κ2) is 6.84. The standard InChI is InChI=1S/C22H18N2O2/c1-15-7-11-18(12-8-15)26-22-20-6-4-3-5-19(20)21(23-24-22)16-9-13-17(25-2)14-10-16/h3-14H,1-2H3. The molecule has 4 heteroatoms. The van der Waals surface area contributed by atoms with Crippen LogP contribution in [0.3, 0.4) is 0 Å². The molecule has 0 amide bonds. The molecule has 0 fully saturated rings. The van der Waals surface area contributed by atoms with Gasteiger partial charge in [0.2, 0.25) is 5.88 Å². The first kappa shape index (κ1) is 16.1. The Balaban J connectivity index is 1.78. The van der Waals surface area contributed by atoms with Crippen molar-refractivity contribution in [3.63, 3.8) is 0 Å². The minimum atomic E-state index is 0.502. The summed E-state index contributed by atoms with van der Waals surface area (Å²) in [6.07, 6.45) is 0. The second-order valence-corrected chi connectivity index (χ2v) is 6.04. The van der Waals surface area contributed by atoms with Gasteiger partial charge in [-0.3, -0.25) is 0 Å². The van der Waals surface area contributed by atoms with Gasteiger partial charge in [0.25, 0.3) is 0 Å². The maximum atomic E-state index is 5.98. The quantitative estimate of drug-likeness (QED) is 0.498. The third-order valence-corrected chi connectivity index (χ3v) is 4.25. The molecule has 0 radical (unpaired) electrons. The molecule has 0 aliphatic rings. The van der Waals surface area contributed by atoms with Crippen LogP contribution in [-0.2, 0) is 0 Å². The molecule has 0 saturated heterocycles. The molecule has 0 atom stereocenters. The molecule has 1 heterocycles. The number of aryl methyl sites for hydroxylation is 1. The van der Waals surface area contributed by atoms with Crippen LogP contribution in [0.1, 0.15) is 5.56 Å². The second-order valence-electron chi connectivity index (χ2n) is 6.04. The van der Waals surface area contributed by atoms with Crippen molar-refractivity contribution in [2.75, 3.05) is 7.11 Å². The number of hydrogen-bond donors (Lipinski definition) is 0. The summed E-state index contributed by atoms with van der Waals surface area (Å²) in [5.74, 6) is 2.05. The Morgan fingerprint density at radius 1 is 0.692 bits per heavy atom. The number of hydrogen-bond acceptors (Lipinski definition) is 4. The third-order valence-electron chi connectivity index (χ3n) is 4.25. The lowest BCUT2D eigenvalue weighted by Crippen LogP contribution is -1.96. The van der Waals surface area contributed by atoms with Crippen molar-refractivity contribution in [2.24, 2.45) is 0 Å². The number of ether oxygens (including phenoxy) is 2. The van der Waals surface area contributed by atoms with E-state index in [1.165, 1.54) is 5.56 Å². The molecule has 0 N–H and O–H groups in total. The van der Waals surface area contributed by atoms with Crippen LogP contribution in [0.15, 0.2) is 72.8 Å². The van der Waals surface area contributed by atoms with Gasteiger partial charge in [-0.1, -0.05) is 35.9 Å². The van der Waals surface area contributed by atoms with E-state index in [0.29, 0.717) is 5.88 Å². The number of benzene rings is 3. The topological polar surface area (TPSA) is 44.2 Å². The first-order valence-corrected chi connectivity index (χ1v) is 8.39. The molecule has 0 aliphatic carbocycles. The maximum absolute atomic E-state index is 5.98. The van der Waals surface area contributed by atoms with Crippen molar-refractivity contribution in [3.05, 3.63) is 78.4 Å². The fraction of sp³-hybridized carbons (Fsp3) is 0.0909. The van der Waals surface area contributed by atoms with Gasteiger partial charge < -0.3 is 9.47 Å². The lowest BCUT2D eigenvalue weighted by Gasteiger charge is -2.11. The molecule has 4 aromatic rings. The number of aromatic nitrogens is 2. The highest BCUT2D eigenvalue weighted by Gasteiger charge is 2.12. The van der Waals surface area contributed by atoms with Crippen molar-refractivity contribution in [3.8, 4) is 28.6 Å². The maximum Gasteiger partial charge on any atom is 0.246 e. The molecular weight excluding hydrogens is 324 g/mol. The van der Waals surface area contributed by atoms with Gasteiger partial charge in [-0.2, -0.15) is 0 Å². The molecule has 0 spiro atoms. The Kier molecular flexibility index (Phi) is 4.23. The van der Waals surface area contributed by atoms with E-state index in [1.807, 2.05) is 79.7 Å². The highest BCUT2D eigenvalue weighted by Crippen LogP contribution is 2.33. The first-order valence-electron chi connectivity index (χ1n) is 8.39. The van der Waals surface area contributed by atoms with Gasteiger partial charge in [-0.05, 0) is 49.4 Å². The summed E-state index contributed by atoms with van der Waals surface area (Å²) in [5.41, 5.74) is 2.99. The van der Waals surface area contributed by atoms with Crippen LogP contribution in [0, 0.1) is 6.92 Å². The molecule has 0 unspecified atom stereocenters. The lowest BCUT2D eigenvalue weighted by atomic mass is 10.0.